The summed E-state index contributed by atoms with van der Waals surface area (Å²) in [4.78, 5) is 9.90. The zero-order chi connectivity index (χ0) is 16.1. The fourth-order valence-corrected chi connectivity index (χ4v) is 2.84. The van der Waals surface area contributed by atoms with Gasteiger partial charge in [0.2, 0.25) is 0 Å². The number of hydrogen-bond acceptors (Lipinski definition) is 3. The van der Waals surface area contributed by atoms with Gasteiger partial charge < -0.3 is 5.32 Å². The number of rotatable bonds is 19. The molecular formula is C19H40N2O. The molecule has 0 radical (unpaired) electrons. The number of hydrogen-bond donors (Lipinski definition) is 1. The molecule has 0 amide bonds. The normalized spacial score (nSPS) is 11.0. The Kier molecular flexibility index (Phi) is 20.1. The van der Waals surface area contributed by atoms with Gasteiger partial charge in [-0.05, 0) is 25.9 Å². The molecule has 3 nitrogen and oxygen atoms in total. The van der Waals surface area contributed by atoms with Crippen molar-refractivity contribution in [1.82, 2.24) is 5.32 Å². The summed E-state index contributed by atoms with van der Waals surface area (Å²) in [6.45, 7) is 4.76. The Balaban J connectivity index is 2.92. The molecule has 0 aromatic heterocycles. The largest absolute Gasteiger partial charge is 0.317 e. The van der Waals surface area contributed by atoms with Crippen LogP contribution in [0.3, 0.4) is 0 Å². The zero-order valence-electron chi connectivity index (χ0n) is 15.1. The van der Waals surface area contributed by atoms with Gasteiger partial charge >= 0.3 is 0 Å². The summed E-state index contributed by atoms with van der Waals surface area (Å²) >= 11 is 0. The summed E-state index contributed by atoms with van der Waals surface area (Å²) in [6, 6.07) is 0. The van der Waals surface area contributed by atoms with Gasteiger partial charge in [0.05, 0.1) is 6.54 Å². The molecule has 0 aliphatic carbocycles. The number of nitrogens with one attached hydrogen (secondary N) is 1. The summed E-state index contributed by atoms with van der Waals surface area (Å²) in [5.41, 5.74) is 0. The van der Waals surface area contributed by atoms with E-state index in [4.69, 9.17) is 0 Å². The molecule has 1 N–H and O–H groups in total. The summed E-state index contributed by atoms with van der Waals surface area (Å²) in [5, 5.41) is 6.22. The molecule has 0 spiro atoms. The molecule has 0 aliphatic rings. The molecule has 0 bridgehead atoms. The maximum atomic E-state index is 9.90. The van der Waals surface area contributed by atoms with E-state index in [2.05, 4.69) is 17.4 Å². The first-order valence-electron chi connectivity index (χ1n) is 9.91. The van der Waals surface area contributed by atoms with E-state index in [1.54, 1.807) is 0 Å². The van der Waals surface area contributed by atoms with Gasteiger partial charge in [-0.15, -0.1) is 0 Å². The van der Waals surface area contributed by atoms with E-state index in [0.29, 0.717) is 6.54 Å². The lowest BCUT2D eigenvalue weighted by molar-refractivity contribution is 0.529. The van der Waals surface area contributed by atoms with Gasteiger partial charge in [0, 0.05) is 0 Å². The Morgan fingerprint density at radius 1 is 0.591 bits per heavy atom. The Morgan fingerprint density at radius 3 is 1.45 bits per heavy atom. The molecule has 0 rings (SSSR count). The molecule has 3 heteroatoms. The highest BCUT2D eigenvalue weighted by Gasteiger charge is 1.94. The predicted octanol–water partition coefficient (Wildman–Crippen LogP) is 6.21. The molecule has 0 atom stereocenters. The summed E-state index contributed by atoms with van der Waals surface area (Å²) in [7, 11) is 0. The highest BCUT2D eigenvalue weighted by Crippen LogP contribution is 2.12. The first-order chi connectivity index (χ1) is 10.9. The highest BCUT2D eigenvalue weighted by molar-refractivity contribution is 4.52. The van der Waals surface area contributed by atoms with Crippen LogP contribution >= 0.6 is 0 Å². The maximum Gasteiger partial charge on any atom is 0.0823 e. The van der Waals surface area contributed by atoms with Gasteiger partial charge in [0.15, 0.2) is 0 Å². The first-order valence-corrected chi connectivity index (χ1v) is 9.91. The molecule has 22 heavy (non-hydrogen) atoms. The van der Waals surface area contributed by atoms with Gasteiger partial charge in [-0.1, -0.05) is 95.6 Å². The molecule has 0 unspecified atom stereocenters. The highest BCUT2D eigenvalue weighted by atomic mass is 16.3. The predicted molar refractivity (Wildman–Crippen MR) is 98.5 cm³/mol. The average molecular weight is 313 g/mol. The van der Waals surface area contributed by atoms with Crippen LogP contribution in [-0.2, 0) is 0 Å². The Hall–Kier alpha value is -0.440. The van der Waals surface area contributed by atoms with E-state index in [-0.39, 0.29) is 0 Å². The fraction of sp³-hybridized carbons (Fsp3) is 1.00. The molecule has 0 heterocycles. The number of unbranched alkanes of at least 4 members (excludes halogenated alkanes) is 13. The van der Waals surface area contributed by atoms with Crippen LogP contribution in [-0.4, -0.2) is 19.6 Å². The first kappa shape index (κ1) is 21.6. The topological polar surface area (TPSA) is 41.5 Å². The number of nitroso groups, excluding NO2 is 1. The average Bonchev–Trinajstić information content (AvgIpc) is 2.54. The SMILES string of the molecule is CCCCCCCCCCCCCCCCNCCCN=O. The van der Waals surface area contributed by atoms with E-state index in [9.17, 15) is 4.91 Å². The van der Waals surface area contributed by atoms with E-state index >= 15 is 0 Å². The van der Waals surface area contributed by atoms with Crippen molar-refractivity contribution >= 4 is 0 Å². The minimum absolute atomic E-state index is 0.450. The van der Waals surface area contributed by atoms with E-state index < -0.39 is 0 Å². The summed E-state index contributed by atoms with van der Waals surface area (Å²) in [5.74, 6) is 0. The minimum Gasteiger partial charge on any atom is -0.317 e. The zero-order valence-corrected chi connectivity index (χ0v) is 15.1. The van der Waals surface area contributed by atoms with Crippen molar-refractivity contribution in [2.45, 2.75) is 103 Å². The Bertz CT molecular complexity index is 210. The lowest BCUT2D eigenvalue weighted by Crippen LogP contribution is -2.17. The van der Waals surface area contributed by atoms with Crippen molar-refractivity contribution in [3.8, 4) is 0 Å². The molecular weight excluding hydrogens is 272 g/mol. The van der Waals surface area contributed by atoms with Crippen LogP contribution in [0, 0.1) is 4.91 Å². The molecule has 0 fully saturated rings. The second-order valence-corrected chi connectivity index (χ2v) is 6.55. The van der Waals surface area contributed by atoms with Crippen LogP contribution < -0.4 is 5.32 Å². The monoisotopic (exact) mass is 312 g/mol. The van der Waals surface area contributed by atoms with Gasteiger partial charge in [-0.2, -0.15) is 4.91 Å². The van der Waals surface area contributed by atoms with Crippen LogP contribution in [0.25, 0.3) is 0 Å². The van der Waals surface area contributed by atoms with E-state index in [1.165, 1.54) is 89.9 Å². The molecule has 132 valence electrons. The van der Waals surface area contributed by atoms with Crippen molar-refractivity contribution in [2.75, 3.05) is 19.6 Å². The summed E-state index contributed by atoms with van der Waals surface area (Å²) < 4.78 is 0. The van der Waals surface area contributed by atoms with E-state index in [1.807, 2.05) is 0 Å². The van der Waals surface area contributed by atoms with E-state index in [0.717, 1.165) is 19.5 Å². The standard InChI is InChI=1S/C19H40N2O/c1-2-3-4-5-6-7-8-9-10-11-12-13-14-15-17-20-18-16-19-21-22/h20H,2-19H2,1H3. The second-order valence-electron chi connectivity index (χ2n) is 6.55. The van der Waals surface area contributed by atoms with Gasteiger partial charge in [0.1, 0.15) is 0 Å². The maximum absolute atomic E-state index is 9.90. The van der Waals surface area contributed by atoms with Crippen molar-refractivity contribution in [1.29, 1.82) is 0 Å². The summed E-state index contributed by atoms with van der Waals surface area (Å²) in [6.07, 6.45) is 20.6. The molecule has 0 aromatic rings. The van der Waals surface area contributed by atoms with Crippen LogP contribution in [0.4, 0.5) is 0 Å². The molecule has 0 aliphatic heterocycles. The van der Waals surface area contributed by atoms with Gasteiger partial charge in [-0.25, -0.2) is 0 Å². The lowest BCUT2D eigenvalue weighted by atomic mass is 10.0. The van der Waals surface area contributed by atoms with Crippen LogP contribution in [0.15, 0.2) is 5.18 Å². The van der Waals surface area contributed by atoms with Gasteiger partial charge in [0.25, 0.3) is 0 Å². The third-order valence-electron chi connectivity index (χ3n) is 4.31. The van der Waals surface area contributed by atoms with Crippen molar-refractivity contribution in [2.24, 2.45) is 5.18 Å². The molecule has 0 saturated heterocycles. The lowest BCUT2D eigenvalue weighted by Gasteiger charge is -2.04. The van der Waals surface area contributed by atoms with Crippen LogP contribution in [0.5, 0.6) is 0 Å². The Morgan fingerprint density at radius 2 is 1.00 bits per heavy atom. The van der Waals surface area contributed by atoms with Gasteiger partial charge in [-0.3, -0.25) is 0 Å². The third-order valence-corrected chi connectivity index (χ3v) is 4.31. The molecule has 0 saturated carbocycles. The van der Waals surface area contributed by atoms with Crippen molar-refractivity contribution in [3.05, 3.63) is 4.91 Å². The Labute approximate surface area is 139 Å². The van der Waals surface area contributed by atoms with Crippen LogP contribution in [0.2, 0.25) is 0 Å². The third kappa shape index (κ3) is 19.6. The van der Waals surface area contributed by atoms with Crippen molar-refractivity contribution in [3.63, 3.8) is 0 Å². The number of nitrogens with zero attached hydrogens (tertiary/aromatic N) is 1. The van der Waals surface area contributed by atoms with Crippen molar-refractivity contribution < 1.29 is 0 Å². The minimum atomic E-state index is 0.450. The fourth-order valence-electron chi connectivity index (χ4n) is 2.84. The molecule has 0 aromatic carbocycles. The smallest absolute Gasteiger partial charge is 0.0823 e. The van der Waals surface area contributed by atoms with Crippen LogP contribution in [0.1, 0.15) is 103 Å². The second kappa shape index (κ2) is 20.6. The quantitative estimate of drug-likeness (QED) is 0.227.